The summed E-state index contributed by atoms with van der Waals surface area (Å²) < 4.78 is 31.1. The summed E-state index contributed by atoms with van der Waals surface area (Å²) in [7, 11) is -3.83. The van der Waals surface area contributed by atoms with E-state index in [9.17, 15) is 18.6 Å². The molecule has 5 nitrogen and oxygen atoms in total. The number of aliphatic hydroxyl groups is 2. The maximum atomic E-state index is 13.4. The van der Waals surface area contributed by atoms with Crippen molar-refractivity contribution in [1.29, 1.82) is 0 Å². The second-order valence-corrected chi connectivity index (χ2v) is 9.81. The summed E-state index contributed by atoms with van der Waals surface area (Å²) in [5.41, 5.74) is 1.03. The molecular formula is C23H28O5S. The molecule has 1 aliphatic rings. The fourth-order valence-corrected chi connectivity index (χ4v) is 6.46. The predicted molar refractivity (Wildman–Crippen MR) is 112 cm³/mol. The van der Waals surface area contributed by atoms with Crippen LogP contribution in [0.3, 0.4) is 0 Å². The molecule has 1 saturated carbocycles. The molecule has 1 fully saturated rings. The number of rotatable bonds is 9. The summed E-state index contributed by atoms with van der Waals surface area (Å²) in [5.74, 6) is -0.652. The molecule has 1 aliphatic carbocycles. The van der Waals surface area contributed by atoms with E-state index >= 15 is 0 Å². The molecule has 6 heteroatoms. The molecule has 156 valence electrons. The van der Waals surface area contributed by atoms with Crippen molar-refractivity contribution in [3.8, 4) is 0 Å². The highest BCUT2D eigenvalue weighted by molar-refractivity contribution is 7.93. The molecule has 2 aromatic carbocycles. The van der Waals surface area contributed by atoms with Crippen LogP contribution >= 0.6 is 0 Å². The van der Waals surface area contributed by atoms with E-state index in [0.717, 1.165) is 5.56 Å². The van der Waals surface area contributed by atoms with Gasteiger partial charge < -0.3 is 14.9 Å². The Hall–Kier alpha value is -1.99. The van der Waals surface area contributed by atoms with Crippen LogP contribution < -0.4 is 0 Å². The molecule has 1 unspecified atom stereocenters. The lowest BCUT2D eigenvalue weighted by molar-refractivity contribution is 0.0386. The van der Waals surface area contributed by atoms with Crippen molar-refractivity contribution in [3.05, 3.63) is 78.9 Å². The van der Waals surface area contributed by atoms with Crippen molar-refractivity contribution < 1.29 is 23.4 Å². The van der Waals surface area contributed by atoms with Crippen LogP contribution in [-0.2, 0) is 21.2 Å². The standard InChI is InChI=1S/C23H28O5S/c1-2-23(29(26,27)20-11-7-4-8-12-20)16-19(24)15-21(23)22(25)13-14-28-17-18-9-5-3-6-10-18/h2-12,19,21-22,24-25H,1,13-17H2/t19-,21-,22-,23?/m1/s1. The van der Waals surface area contributed by atoms with Gasteiger partial charge in [0.2, 0.25) is 0 Å². The number of benzene rings is 2. The fourth-order valence-electron chi connectivity index (χ4n) is 4.22. The molecule has 0 saturated heterocycles. The highest BCUT2D eigenvalue weighted by atomic mass is 32.2. The zero-order valence-electron chi connectivity index (χ0n) is 16.4. The average Bonchev–Trinajstić information content (AvgIpc) is 3.11. The third-order valence-electron chi connectivity index (χ3n) is 5.74. The second-order valence-electron chi connectivity index (χ2n) is 7.57. The van der Waals surface area contributed by atoms with Crippen LogP contribution in [0.15, 0.2) is 78.2 Å². The van der Waals surface area contributed by atoms with E-state index < -0.39 is 32.7 Å². The van der Waals surface area contributed by atoms with Crippen molar-refractivity contribution in [2.45, 2.75) is 47.7 Å². The van der Waals surface area contributed by atoms with Gasteiger partial charge in [-0.15, -0.1) is 6.58 Å². The van der Waals surface area contributed by atoms with Gasteiger partial charge in [-0.3, -0.25) is 0 Å². The van der Waals surface area contributed by atoms with Gasteiger partial charge >= 0.3 is 0 Å². The van der Waals surface area contributed by atoms with E-state index in [1.165, 1.54) is 18.2 Å². The maximum absolute atomic E-state index is 13.4. The second kappa shape index (κ2) is 9.22. The summed E-state index contributed by atoms with van der Waals surface area (Å²) in [6, 6.07) is 17.9. The first-order valence-corrected chi connectivity index (χ1v) is 11.3. The van der Waals surface area contributed by atoms with Gasteiger partial charge in [0, 0.05) is 12.5 Å². The molecule has 29 heavy (non-hydrogen) atoms. The number of ether oxygens (including phenoxy) is 1. The summed E-state index contributed by atoms with van der Waals surface area (Å²) >= 11 is 0. The van der Waals surface area contributed by atoms with Gasteiger partial charge in [0.1, 0.15) is 4.75 Å². The number of aliphatic hydroxyl groups excluding tert-OH is 2. The van der Waals surface area contributed by atoms with Gasteiger partial charge in [0.05, 0.1) is 23.7 Å². The summed E-state index contributed by atoms with van der Waals surface area (Å²) in [6.45, 7) is 4.50. The molecule has 4 atom stereocenters. The zero-order valence-corrected chi connectivity index (χ0v) is 17.2. The molecule has 0 aliphatic heterocycles. The molecule has 3 rings (SSSR count). The minimum atomic E-state index is -3.83. The van der Waals surface area contributed by atoms with Crippen LogP contribution in [0.5, 0.6) is 0 Å². The highest BCUT2D eigenvalue weighted by Gasteiger charge is 2.56. The Kier molecular flexibility index (Phi) is 6.90. The van der Waals surface area contributed by atoms with E-state index in [-0.39, 0.29) is 24.2 Å². The highest BCUT2D eigenvalue weighted by Crippen LogP contribution is 2.47. The molecule has 0 aromatic heterocycles. The summed E-state index contributed by atoms with van der Waals surface area (Å²) in [4.78, 5) is 0.173. The molecule has 0 radical (unpaired) electrons. The topological polar surface area (TPSA) is 83.8 Å². The van der Waals surface area contributed by atoms with Gasteiger partial charge in [-0.05, 0) is 37.0 Å². The van der Waals surface area contributed by atoms with Crippen molar-refractivity contribution in [1.82, 2.24) is 0 Å². The largest absolute Gasteiger partial charge is 0.393 e. The quantitative estimate of drug-likeness (QED) is 0.485. The monoisotopic (exact) mass is 416 g/mol. The Morgan fingerprint density at radius 1 is 1.14 bits per heavy atom. The first kappa shape index (κ1) is 21.7. The molecule has 0 bridgehead atoms. The Balaban J connectivity index is 1.73. The minimum Gasteiger partial charge on any atom is -0.393 e. The number of hydrogen-bond donors (Lipinski definition) is 2. The fraction of sp³-hybridized carbons (Fsp3) is 0.391. The van der Waals surface area contributed by atoms with Gasteiger partial charge in [-0.2, -0.15) is 0 Å². The summed E-state index contributed by atoms with van der Waals surface area (Å²) in [5, 5.41) is 21.1. The third kappa shape index (κ3) is 4.46. The van der Waals surface area contributed by atoms with Gasteiger partial charge in [-0.1, -0.05) is 54.6 Å². The van der Waals surface area contributed by atoms with E-state index in [4.69, 9.17) is 4.74 Å². The van der Waals surface area contributed by atoms with Gasteiger partial charge in [-0.25, -0.2) is 8.42 Å². The first-order chi connectivity index (χ1) is 13.9. The average molecular weight is 417 g/mol. The maximum Gasteiger partial charge on any atom is 0.188 e. The zero-order chi connectivity index (χ0) is 20.9. The van der Waals surface area contributed by atoms with Gasteiger partial charge in [0.25, 0.3) is 0 Å². The van der Waals surface area contributed by atoms with Crippen molar-refractivity contribution in [3.63, 3.8) is 0 Å². The Labute approximate surface area is 172 Å². The van der Waals surface area contributed by atoms with Crippen molar-refractivity contribution in [2.75, 3.05) is 6.61 Å². The van der Waals surface area contributed by atoms with Crippen LogP contribution in [0, 0.1) is 5.92 Å². The van der Waals surface area contributed by atoms with Crippen LogP contribution in [0.1, 0.15) is 24.8 Å². The van der Waals surface area contributed by atoms with Crippen molar-refractivity contribution >= 4 is 9.84 Å². The number of hydrogen-bond acceptors (Lipinski definition) is 5. The van der Waals surface area contributed by atoms with Crippen LogP contribution in [-0.4, -0.2) is 42.2 Å². The lowest BCUT2D eigenvalue weighted by Gasteiger charge is -2.34. The molecule has 2 N–H and O–H groups in total. The smallest absolute Gasteiger partial charge is 0.188 e. The molecule has 2 aromatic rings. The van der Waals surface area contributed by atoms with Crippen LogP contribution in [0.2, 0.25) is 0 Å². The lowest BCUT2D eigenvalue weighted by Crippen LogP contribution is -2.45. The first-order valence-electron chi connectivity index (χ1n) is 9.82. The van der Waals surface area contributed by atoms with E-state index in [0.29, 0.717) is 13.2 Å². The lowest BCUT2D eigenvalue weighted by atomic mass is 9.88. The molecular weight excluding hydrogens is 388 g/mol. The summed E-state index contributed by atoms with van der Waals surface area (Å²) in [6.07, 6.45) is 0.169. The van der Waals surface area contributed by atoms with Crippen molar-refractivity contribution in [2.24, 2.45) is 5.92 Å². The van der Waals surface area contributed by atoms with E-state index in [1.54, 1.807) is 18.2 Å². The Morgan fingerprint density at radius 2 is 1.76 bits per heavy atom. The Morgan fingerprint density at radius 3 is 2.38 bits per heavy atom. The molecule has 0 spiro atoms. The van der Waals surface area contributed by atoms with E-state index in [1.807, 2.05) is 30.3 Å². The molecule has 0 amide bonds. The van der Waals surface area contributed by atoms with Crippen LogP contribution in [0.4, 0.5) is 0 Å². The third-order valence-corrected chi connectivity index (χ3v) is 8.27. The van der Waals surface area contributed by atoms with E-state index in [2.05, 4.69) is 6.58 Å². The van der Waals surface area contributed by atoms with Gasteiger partial charge in [0.15, 0.2) is 9.84 Å². The van der Waals surface area contributed by atoms with Crippen LogP contribution in [0.25, 0.3) is 0 Å². The predicted octanol–water partition coefficient (Wildman–Crippen LogP) is 3.12. The minimum absolute atomic E-state index is 0.0281. The number of sulfone groups is 1. The normalized spacial score (nSPS) is 25.6. The molecule has 0 heterocycles. The SMILES string of the molecule is C=CC1(S(=O)(=O)c2ccccc2)C[C@H](O)C[C@@H]1[C@H](O)CCOCc1ccccc1. The Bertz CT molecular complexity index is 897.